The molecule has 1 radical (unpaired) electrons. The third kappa shape index (κ3) is 1.17. The summed E-state index contributed by atoms with van der Waals surface area (Å²) in [6.07, 6.45) is 1.01. The first-order chi connectivity index (χ1) is 5.77. The maximum atomic E-state index is 9.16. The Labute approximate surface area is 72.9 Å². The van der Waals surface area contributed by atoms with Gasteiger partial charge in [0.25, 0.3) is 0 Å². The lowest BCUT2D eigenvalue weighted by atomic mass is 10.4. The van der Waals surface area contributed by atoms with Crippen molar-refractivity contribution in [3.8, 4) is 0 Å². The minimum Gasteiger partial charge on any atom is -0.385 e. The second kappa shape index (κ2) is 2.76. The van der Waals surface area contributed by atoms with Gasteiger partial charge in [-0.05, 0) is 6.92 Å². The number of aromatic nitrogens is 3. The number of thiazole rings is 1. The molecule has 5 heteroatoms. The van der Waals surface area contributed by atoms with Gasteiger partial charge in [0.05, 0.1) is 10.9 Å². The van der Waals surface area contributed by atoms with Crippen LogP contribution in [0, 0.1) is 5.51 Å². The van der Waals surface area contributed by atoms with Crippen molar-refractivity contribution < 1.29 is 5.11 Å². The maximum absolute atomic E-state index is 9.16. The average Bonchev–Trinajstić information content (AvgIpc) is 2.49. The lowest BCUT2D eigenvalue weighted by molar-refractivity contribution is 0.189. The summed E-state index contributed by atoms with van der Waals surface area (Å²) in [6, 6.07) is 0. The van der Waals surface area contributed by atoms with Gasteiger partial charge >= 0.3 is 0 Å². The Morgan fingerprint density at radius 3 is 3.25 bits per heavy atom. The summed E-state index contributed by atoms with van der Waals surface area (Å²) in [6.45, 7) is 1.62. The van der Waals surface area contributed by atoms with Crippen LogP contribution < -0.4 is 0 Å². The molecule has 0 amide bonds. The molecular formula is C7H6N3OS. The van der Waals surface area contributed by atoms with Crippen LogP contribution in [-0.2, 0) is 0 Å². The Kier molecular flexibility index (Phi) is 1.74. The molecule has 61 valence electrons. The zero-order valence-corrected chi connectivity index (χ0v) is 7.17. The fraction of sp³-hybridized carbons (Fsp3) is 0.286. The zero-order valence-electron chi connectivity index (χ0n) is 6.35. The van der Waals surface area contributed by atoms with E-state index in [9.17, 15) is 0 Å². The van der Waals surface area contributed by atoms with Gasteiger partial charge in [0.2, 0.25) is 0 Å². The van der Waals surface area contributed by atoms with Gasteiger partial charge < -0.3 is 5.11 Å². The molecule has 0 saturated carbocycles. The van der Waals surface area contributed by atoms with Crippen molar-refractivity contribution in [2.75, 3.05) is 0 Å². The second-order valence-electron chi connectivity index (χ2n) is 2.40. The highest BCUT2D eigenvalue weighted by atomic mass is 32.1. The van der Waals surface area contributed by atoms with E-state index < -0.39 is 6.10 Å². The lowest BCUT2D eigenvalue weighted by Crippen LogP contribution is -1.98. The summed E-state index contributed by atoms with van der Waals surface area (Å²) < 4.78 is 0.888. The van der Waals surface area contributed by atoms with Gasteiger partial charge in [-0.15, -0.1) is 11.3 Å². The monoisotopic (exact) mass is 180 g/mol. The third-order valence-corrected chi connectivity index (χ3v) is 2.13. The van der Waals surface area contributed by atoms with Crippen molar-refractivity contribution in [1.82, 2.24) is 15.0 Å². The quantitative estimate of drug-likeness (QED) is 0.709. The number of fused-ring (bicyclic) bond motifs is 1. The van der Waals surface area contributed by atoms with E-state index in [1.807, 2.05) is 0 Å². The summed E-state index contributed by atoms with van der Waals surface area (Å²) in [5, 5.41) is 9.16. The van der Waals surface area contributed by atoms with Gasteiger partial charge in [-0.1, -0.05) is 0 Å². The molecule has 1 N–H and O–H groups in total. The molecule has 2 rings (SSSR count). The van der Waals surface area contributed by atoms with Gasteiger partial charge in [-0.25, -0.2) is 15.0 Å². The van der Waals surface area contributed by atoms with E-state index in [1.54, 1.807) is 13.1 Å². The minimum absolute atomic E-state index is 0.404. The smallest absolute Gasteiger partial charge is 0.174 e. The van der Waals surface area contributed by atoms with Gasteiger partial charge in [0.15, 0.2) is 17.0 Å². The molecule has 0 aromatic carbocycles. The number of rotatable bonds is 1. The molecule has 0 bridgehead atoms. The molecule has 0 fully saturated rings. The van der Waals surface area contributed by atoms with E-state index in [0.29, 0.717) is 11.5 Å². The summed E-state index contributed by atoms with van der Waals surface area (Å²) in [7, 11) is 0. The minimum atomic E-state index is -0.643. The molecule has 12 heavy (non-hydrogen) atoms. The van der Waals surface area contributed by atoms with E-state index in [1.165, 1.54) is 11.3 Å². The van der Waals surface area contributed by atoms with E-state index in [2.05, 4.69) is 20.5 Å². The van der Waals surface area contributed by atoms with E-state index in [4.69, 9.17) is 5.11 Å². The first-order valence-corrected chi connectivity index (χ1v) is 4.26. The number of hydrogen-bond donors (Lipinski definition) is 1. The molecule has 2 aromatic heterocycles. The van der Waals surface area contributed by atoms with Crippen LogP contribution in [0.1, 0.15) is 18.9 Å². The summed E-state index contributed by atoms with van der Waals surface area (Å²) in [5.74, 6) is 0.404. The van der Waals surface area contributed by atoms with Crippen molar-refractivity contribution >= 4 is 21.7 Å². The zero-order chi connectivity index (χ0) is 8.55. The summed E-state index contributed by atoms with van der Waals surface area (Å²) in [5.41, 5.74) is 3.31. The Bertz CT molecular complexity index is 398. The van der Waals surface area contributed by atoms with Crippen LogP contribution in [0.2, 0.25) is 0 Å². The third-order valence-electron chi connectivity index (χ3n) is 1.44. The SMILES string of the molecule is CC(O)c1ncc2s[c]nc2n1. The molecule has 0 aliphatic heterocycles. The van der Waals surface area contributed by atoms with Crippen LogP contribution in [0.5, 0.6) is 0 Å². The molecule has 0 aliphatic carbocycles. The largest absolute Gasteiger partial charge is 0.385 e. The summed E-state index contributed by atoms with van der Waals surface area (Å²) >= 11 is 1.36. The second-order valence-corrected chi connectivity index (χ2v) is 3.22. The Morgan fingerprint density at radius 1 is 1.67 bits per heavy atom. The van der Waals surface area contributed by atoms with Crippen molar-refractivity contribution in [3.05, 3.63) is 17.5 Å². The van der Waals surface area contributed by atoms with Crippen molar-refractivity contribution in [2.45, 2.75) is 13.0 Å². The fourth-order valence-corrected chi connectivity index (χ4v) is 1.36. The van der Waals surface area contributed by atoms with Crippen molar-refractivity contribution in [3.63, 3.8) is 0 Å². The van der Waals surface area contributed by atoms with Crippen LogP contribution in [0.3, 0.4) is 0 Å². The number of nitrogens with zero attached hydrogens (tertiary/aromatic N) is 3. The maximum Gasteiger partial charge on any atom is 0.174 e. The number of aliphatic hydroxyl groups is 1. The van der Waals surface area contributed by atoms with Gasteiger partial charge in [0, 0.05) is 0 Å². The van der Waals surface area contributed by atoms with E-state index in [0.717, 1.165) is 4.70 Å². The lowest BCUT2D eigenvalue weighted by Gasteiger charge is -1.99. The molecule has 0 saturated heterocycles. The highest BCUT2D eigenvalue weighted by Crippen LogP contribution is 2.15. The molecule has 0 spiro atoms. The van der Waals surface area contributed by atoms with Crippen molar-refractivity contribution in [2.24, 2.45) is 0 Å². The molecule has 1 unspecified atom stereocenters. The van der Waals surface area contributed by atoms with Gasteiger partial charge in [0.1, 0.15) is 6.10 Å². The van der Waals surface area contributed by atoms with Crippen LogP contribution in [0.15, 0.2) is 6.20 Å². The normalized spacial score (nSPS) is 13.5. The standard InChI is InChI=1S/C7H6N3OS/c1-4(11)6-8-2-5-7(10-6)9-3-12-5/h2,4,11H,1H3. The fourth-order valence-electron chi connectivity index (χ4n) is 0.844. The Hall–Kier alpha value is -1.07. The van der Waals surface area contributed by atoms with Crippen LogP contribution in [-0.4, -0.2) is 20.1 Å². The number of hydrogen-bond acceptors (Lipinski definition) is 5. The first-order valence-electron chi connectivity index (χ1n) is 3.45. The van der Waals surface area contributed by atoms with Crippen LogP contribution in [0.25, 0.3) is 10.3 Å². The predicted octanol–water partition coefficient (Wildman–Crippen LogP) is 0.940. The van der Waals surface area contributed by atoms with Gasteiger partial charge in [-0.3, -0.25) is 0 Å². The molecule has 2 aromatic rings. The Balaban J connectivity index is 2.60. The topological polar surface area (TPSA) is 58.9 Å². The van der Waals surface area contributed by atoms with E-state index >= 15 is 0 Å². The highest BCUT2D eigenvalue weighted by Gasteiger charge is 2.06. The molecule has 2 heterocycles. The molecule has 4 nitrogen and oxygen atoms in total. The average molecular weight is 180 g/mol. The van der Waals surface area contributed by atoms with Gasteiger partial charge in [-0.2, -0.15) is 0 Å². The first kappa shape index (κ1) is 7.57. The van der Waals surface area contributed by atoms with Crippen LogP contribution >= 0.6 is 11.3 Å². The number of aliphatic hydroxyl groups excluding tert-OH is 1. The molecule has 1 atom stereocenters. The summed E-state index contributed by atoms with van der Waals surface area (Å²) in [4.78, 5) is 11.9. The molecule has 0 aliphatic rings. The van der Waals surface area contributed by atoms with Crippen LogP contribution in [0.4, 0.5) is 0 Å². The predicted molar refractivity (Wildman–Crippen MR) is 44.7 cm³/mol. The van der Waals surface area contributed by atoms with E-state index in [-0.39, 0.29) is 0 Å². The molecular weight excluding hydrogens is 174 g/mol. The highest BCUT2D eigenvalue weighted by molar-refractivity contribution is 7.16. The Morgan fingerprint density at radius 2 is 2.50 bits per heavy atom. The van der Waals surface area contributed by atoms with Crippen molar-refractivity contribution in [1.29, 1.82) is 0 Å².